The lowest BCUT2D eigenvalue weighted by Gasteiger charge is -2.22. The minimum absolute atomic E-state index is 0.0818. The topological polar surface area (TPSA) is 136 Å². The van der Waals surface area contributed by atoms with Gasteiger partial charge in [-0.05, 0) is 78.2 Å². The fourth-order valence-corrected chi connectivity index (χ4v) is 5.85. The molecule has 5 rings (SSSR count). The van der Waals surface area contributed by atoms with Crippen molar-refractivity contribution in [2.45, 2.75) is 13.5 Å². The van der Waals surface area contributed by atoms with Gasteiger partial charge in [0.2, 0.25) is 10.0 Å². The Hall–Kier alpha value is -5.43. The Balaban J connectivity index is 1.75. The number of rotatable bonds is 9. The highest BCUT2D eigenvalue weighted by Gasteiger charge is 2.27. The van der Waals surface area contributed by atoms with Crippen LogP contribution >= 0.6 is 0 Å². The highest BCUT2D eigenvalue weighted by atomic mass is 32.2. The molecule has 0 spiro atoms. The van der Waals surface area contributed by atoms with E-state index in [1.165, 1.54) is 67.5 Å². The third kappa shape index (κ3) is 6.47. The summed E-state index contributed by atoms with van der Waals surface area (Å²) in [7, 11) is 0.568. The van der Waals surface area contributed by atoms with Crippen LogP contribution in [-0.2, 0) is 16.6 Å². The lowest BCUT2D eigenvalue weighted by molar-refractivity contribution is 0.0785. The second-order valence-electron chi connectivity index (χ2n) is 11.1. The van der Waals surface area contributed by atoms with Crippen LogP contribution in [0.3, 0.4) is 0 Å². The molecule has 0 aliphatic heterocycles. The molecule has 10 nitrogen and oxygen atoms in total. The third-order valence-electron chi connectivity index (χ3n) is 7.84. The van der Waals surface area contributed by atoms with Crippen LogP contribution < -0.4 is 9.62 Å². The Bertz CT molecular complexity index is 2150. The van der Waals surface area contributed by atoms with Gasteiger partial charge in [0.15, 0.2) is 0 Å². The van der Waals surface area contributed by atoms with Crippen LogP contribution in [0.1, 0.15) is 31.8 Å². The summed E-state index contributed by atoms with van der Waals surface area (Å²) in [5.41, 5.74) is 10.9. The Kier molecular flexibility index (Phi) is 8.94. The average molecular weight is 660 g/mol. The molecule has 0 bridgehead atoms. The van der Waals surface area contributed by atoms with Gasteiger partial charge in [0.1, 0.15) is 28.7 Å². The van der Waals surface area contributed by atoms with Crippen molar-refractivity contribution in [3.05, 3.63) is 107 Å². The quantitative estimate of drug-likeness (QED) is 0.164. The lowest BCUT2D eigenvalue weighted by Crippen LogP contribution is -2.26. The van der Waals surface area contributed by atoms with E-state index in [-0.39, 0.29) is 40.4 Å². The van der Waals surface area contributed by atoms with E-state index in [2.05, 4.69) is 10.4 Å². The molecule has 13 heteroatoms. The molecule has 1 aromatic heterocycles. The SMILES string of the molecule is CNC(=O)c1c(-c2ccc(F)cc2)oc2cc(N(C)S(C)(=O)=O)c(-c3cc(C)c(N=N)c(C(=O)N(C)Cc4ccc(F)cc4)c3)cc12. The number of fused-ring (bicyclic) bond motifs is 1. The van der Waals surface area contributed by atoms with E-state index in [1.807, 2.05) is 0 Å². The molecule has 0 aliphatic rings. The lowest BCUT2D eigenvalue weighted by atomic mass is 9.94. The van der Waals surface area contributed by atoms with Crippen molar-refractivity contribution >= 4 is 44.2 Å². The predicted molar refractivity (Wildman–Crippen MR) is 175 cm³/mol. The van der Waals surface area contributed by atoms with Crippen LogP contribution in [0.5, 0.6) is 0 Å². The second kappa shape index (κ2) is 12.8. The van der Waals surface area contributed by atoms with E-state index in [1.54, 1.807) is 38.2 Å². The van der Waals surface area contributed by atoms with Crippen LogP contribution in [-0.4, -0.2) is 52.5 Å². The maximum Gasteiger partial charge on any atom is 0.256 e. The zero-order valence-corrected chi connectivity index (χ0v) is 27.0. The number of aryl methyl sites for hydroxylation is 1. The molecule has 2 N–H and O–H groups in total. The maximum absolute atomic E-state index is 13.8. The summed E-state index contributed by atoms with van der Waals surface area (Å²) < 4.78 is 60.0. The average Bonchev–Trinajstić information content (AvgIpc) is 3.42. The molecule has 242 valence electrons. The Labute approximate surface area is 270 Å². The van der Waals surface area contributed by atoms with E-state index in [0.29, 0.717) is 33.2 Å². The Morgan fingerprint density at radius 3 is 2.13 bits per heavy atom. The number of furan rings is 1. The summed E-state index contributed by atoms with van der Waals surface area (Å²) in [5, 5.41) is 6.56. The first-order chi connectivity index (χ1) is 22.2. The molecule has 4 aromatic carbocycles. The molecule has 0 unspecified atom stereocenters. The number of amides is 2. The van der Waals surface area contributed by atoms with Crippen LogP contribution in [0.15, 0.2) is 82.3 Å². The molecule has 0 saturated heterocycles. The molecule has 2 amide bonds. The van der Waals surface area contributed by atoms with Crippen LogP contribution in [0, 0.1) is 24.1 Å². The van der Waals surface area contributed by atoms with E-state index in [4.69, 9.17) is 9.95 Å². The van der Waals surface area contributed by atoms with Gasteiger partial charge in [0, 0.05) is 50.3 Å². The molecule has 0 atom stereocenters. The summed E-state index contributed by atoms with van der Waals surface area (Å²) in [4.78, 5) is 28.4. The van der Waals surface area contributed by atoms with Gasteiger partial charge in [-0.2, -0.15) is 5.11 Å². The Morgan fingerprint density at radius 1 is 0.936 bits per heavy atom. The first kappa shape index (κ1) is 32.9. The fraction of sp³-hybridized carbons (Fsp3) is 0.176. The first-order valence-corrected chi connectivity index (χ1v) is 16.1. The van der Waals surface area contributed by atoms with Gasteiger partial charge in [0.25, 0.3) is 11.8 Å². The van der Waals surface area contributed by atoms with Crippen molar-refractivity contribution in [1.82, 2.24) is 10.2 Å². The number of nitrogens with zero attached hydrogens (tertiary/aromatic N) is 3. The molecular weight excluding hydrogens is 628 g/mol. The molecule has 0 aliphatic carbocycles. The van der Waals surface area contributed by atoms with Gasteiger partial charge in [0.05, 0.1) is 23.1 Å². The fourth-order valence-electron chi connectivity index (χ4n) is 5.35. The third-order valence-corrected chi connectivity index (χ3v) is 9.03. The van der Waals surface area contributed by atoms with E-state index >= 15 is 0 Å². The Morgan fingerprint density at radius 2 is 1.55 bits per heavy atom. The number of hydrogen-bond acceptors (Lipinski definition) is 7. The molecule has 47 heavy (non-hydrogen) atoms. The summed E-state index contributed by atoms with van der Waals surface area (Å²) >= 11 is 0. The normalized spacial score (nSPS) is 11.4. The molecule has 5 aromatic rings. The number of carbonyl (C=O) groups excluding carboxylic acids is 2. The van der Waals surface area contributed by atoms with Gasteiger partial charge in [-0.25, -0.2) is 22.7 Å². The number of carbonyl (C=O) groups is 2. The number of sulfonamides is 1. The maximum atomic E-state index is 13.8. The van der Waals surface area contributed by atoms with E-state index in [9.17, 15) is 26.8 Å². The zero-order chi connectivity index (χ0) is 34.2. The number of benzene rings is 4. The highest BCUT2D eigenvalue weighted by molar-refractivity contribution is 7.92. The molecule has 0 fully saturated rings. The largest absolute Gasteiger partial charge is 0.455 e. The van der Waals surface area contributed by atoms with Crippen molar-refractivity contribution in [2.75, 3.05) is 31.7 Å². The number of hydrogen-bond donors (Lipinski definition) is 2. The molecular formula is C34H31F2N5O5S. The minimum Gasteiger partial charge on any atom is -0.455 e. The standard InChI is InChI=1S/C34H31F2N5O5S/c1-19-14-22(15-27(31(19)39-37)34(43)40(3)18-20-6-10-23(35)11-7-20)25-16-26-29(17-28(25)41(4)47(5,44)45)46-32(30(26)33(42)38-2)21-8-12-24(36)13-9-21/h6-17,37H,18H2,1-5H3,(H,38,42). The molecule has 1 heterocycles. The van der Waals surface area contributed by atoms with Crippen LogP contribution in [0.2, 0.25) is 0 Å². The second-order valence-corrected chi connectivity index (χ2v) is 13.1. The van der Waals surface area contributed by atoms with Gasteiger partial charge in [-0.3, -0.25) is 13.9 Å². The number of halogens is 2. The van der Waals surface area contributed by atoms with Crippen molar-refractivity contribution in [1.29, 1.82) is 5.53 Å². The minimum atomic E-state index is -3.82. The van der Waals surface area contributed by atoms with E-state index in [0.717, 1.165) is 10.6 Å². The van der Waals surface area contributed by atoms with E-state index < -0.39 is 33.5 Å². The first-order valence-electron chi connectivity index (χ1n) is 14.3. The highest BCUT2D eigenvalue weighted by Crippen LogP contribution is 2.43. The van der Waals surface area contributed by atoms with Gasteiger partial charge in [-0.15, -0.1) is 0 Å². The summed E-state index contributed by atoms with van der Waals surface area (Å²) in [6.45, 7) is 1.82. The van der Waals surface area contributed by atoms with Crippen molar-refractivity contribution in [2.24, 2.45) is 5.11 Å². The monoisotopic (exact) mass is 659 g/mol. The number of nitrogens with one attached hydrogen (secondary N) is 2. The van der Waals surface area contributed by atoms with Crippen LogP contribution in [0.4, 0.5) is 20.2 Å². The smallest absolute Gasteiger partial charge is 0.256 e. The summed E-state index contributed by atoms with van der Waals surface area (Å²) in [6.07, 6.45) is 1.04. The summed E-state index contributed by atoms with van der Waals surface area (Å²) in [5.74, 6) is -1.69. The van der Waals surface area contributed by atoms with Gasteiger partial charge >= 0.3 is 0 Å². The molecule has 0 saturated carbocycles. The molecule has 0 radical (unpaired) electrons. The van der Waals surface area contributed by atoms with Gasteiger partial charge < -0.3 is 14.6 Å². The predicted octanol–water partition coefficient (Wildman–Crippen LogP) is 7.04. The van der Waals surface area contributed by atoms with Crippen molar-refractivity contribution < 1.29 is 31.2 Å². The van der Waals surface area contributed by atoms with Crippen molar-refractivity contribution in [3.63, 3.8) is 0 Å². The number of anilines is 1. The van der Waals surface area contributed by atoms with Crippen LogP contribution in [0.25, 0.3) is 33.4 Å². The van der Waals surface area contributed by atoms with Crippen molar-refractivity contribution in [3.8, 4) is 22.5 Å². The van der Waals surface area contributed by atoms with Gasteiger partial charge in [-0.1, -0.05) is 12.1 Å². The zero-order valence-electron chi connectivity index (χ0n) is 26.2. The summed E-state index contributed by atoms with van der Waals surface area (Å²) in [6, 6.07) is 17.4.